The van der Waals surface area contributed by atoms with E-state index in [0.29, 0.717) is 15.9 Å². The number of para-hydroxylation sites is 1. The molecule has 0 amide bonds. The van der Waals surface area contributed by atoms with E-state index in [1.54, 1.807) is 0 Å². The Bertz CT molecular complexity index is 339. The van der Waals surface area contributed by atoms with Crippen LogP contribution in [0.15, 0.2) is 24.3 Å². The predicted octanol–water partition coefficient (Wildman–Crippen LogP) is 2.22. The van der Waals surface area contributed by atoms with E-state index in [2.05, 4.69) is 13.0 Å². The van der Waals surface area contributed by atoms with Gasteiger partial charge in [0.1, 0.15) is 11.9 Å². The number of aryl methyl sites for hydroxylation is 1. The van der Waals surface area contributed by atoms with Gasteiger partial charge in [-0.3, -0.25) is 0 Å². The molecule has 0 aromatic heterocycles. The molecule has 0 spiro atoms. The minimum Gasteiger partial charge on any atom is -0.541 e. The molecule has 1 atom stereocenters. The van der Waals surface area contributed by atoms with E-state index >= 15 is 0 Å². The van der Waals surface area contributed by atoms with Gasteiger partial charge in [0.25, 0.3) is 0 Å². The van der Waals surface area contributed by atoms with Gasteiger partial charge in [0, 0.05) is 6.61 Å². The van der Waals surface area contributed by atoms with Crippen molar-refractivity contribution in [1.29, 1.82) is 0 Å². The summed E-state index contributed by atoms with van der Waals surface area (Å²) in [5.74, 6) is 0.998. The van der Waals surface area contributed by atoms with E-state index in [1.165, 1.54) is 5.56 Å². The van der Waals surface area contributed by atoms with Crippen LogP contribution in [0.3, 0.4) is 0 Å². The summed E-state index contributed by atoms with van der Waals surface area (Å²) in [4.78, 5) is 0. The van der Waals surface area contributed by atoms with Crippen molar-refractivity contribution in [3.8, 4) is 5.75 Å². The summed E-state index contributed by atoms with van der Waals surface area (Å²) in [6.07, 6.45) is 1.43. The summed E-state index contributed by atoms with van der Waals surface area (Å²) < 4.78 is 16.2. The Kier molecular flexibility index (Phi) is 5.03. The summed E-state index contributed by atoms with van der Waals surface area (Å²) in [6, 6.07) is 9.17. The van der Waals surface area contributed by atoms with Gasteiger partial charge >= 0.3 is 9.76 Å². The molecule has 2 rings (SSSR count). The van der Waals surface area contributed by atoms with E-state index in [0.717, 1.165) is 38.0 Å². The van der Waals surface area contributed by atoms with Crippen LogP contribution in [0.1, 0.15) is 12.0 Å². The van der Waals surface area contributed by atoms with E-state index in [1.807, 2.05) is 18.2 Å². The molecule has 4 heteroatoms. The lowest BCUT2D eigenvalue weighted by atomic mass is 10.2. The van der Waals surface area contributed by atoms with Gasteiger partial charge in [0.2, 0.25) is 0 Å². The molecule has 1 aliphatic rings. The van der Waals surface area contributed by atoms with Crippen LogP contribution in [0.2, 0.25) is 6.04 Å². The first-order valence-corrected chi connectivity index (χ1v) is 7.12. The van der Waals surface area contributed by atoms with Crippen molar-refractivity contribution in [2.24, 2.45) is 0 Å². The fourth-order valence-corrected chi connectivity index (χ4v) is 2.20. The molecule has 92 valence electrons. The number of epoxide rings is 1. The molecular formula is C13H18O3Si. The second kappa shape index (κ2) is 6.79. The van der Waals surface area contributed by atoms with Crippen LogP contribution in [0.5, 0.6) is 5.75 Å². The number of ether oxygens (including phenoxy) is 2. The highest BCUT2D eigenvalue weighted by Gasteiger charge is 2.21. The third-order valence-electron chi connectivity index (χ3n) is 2.55. The average molecular weight is 250 g/mol. The SMILES string of the molecule is Cc1ccccc1O[Si]CCCOCC1CO1. The Hall–Kier alpha value is -0.843. The van der Waals surface area contributed by atoms with Crippen molar-refractivity contribution in [2.45, 2.75) is 25.5 Å². The Morgan fingerprint density at radius 1 is 1.41 bits per heavy atom. The zero-order valence-corrected chi connectivity index (χ0v) is 11.1. The van der Waals surface area contributed by atoms with Crippen molar-refractivity contribution in [3.05, 3.63) is 29.8 Å². The largest absolute Gasteiger partial charge is 0.541 e. The second-order valence-corrected chi connectivity index (χ2v) is 5.14. The van der Waals surface area contributed by atoms with E-state index in [-0.39, 0.29) is 0 Å². The van der Waals surface area contributed by atoms with Crippen LogP contribution in [0.25, 0.3) is 0 Å². The van der Waals surface area contributed by atoms with Gasteiger partial charge < -0.3 is 13.9 Å². The summed E-state index contributed by atoms with van der Waals surface area (Å²) >= 11 is 0. The molecule has 1 aliphatic heterocycles. The number of rotatable bonds is 8. The topological polar surface area (TPSA) is 31.0 Å². The van der Waals surface area contributed by atoms with E-state index in [9.17, 15) is 0 Å². The minimum atomic E-state index is 0.376. The monoisotopic (exact) mass is 250 g/mol. The van der Waals surface area contributed by atoms with Crippen LogP contribution in [-0.2, 0) is 9.47 Å². The maximum absolute atomic E-state index is 5.72. The highest BCUT2D eigenvalue weighted by Crippen LogP contribution is 2.16. The molecule has 0 bridgehead atoms. The zero-order chi connectivity index (χ0) is 11.9. The molecule has 0 saturated carbocycles. The maximum Gasteiger partial charge on any atom is 0.310 e. The second-order valence-electron chi connectivity index (χ2n) is 4.15. The summed E-state index contributed by atoms with van der Waals surface area (Å²) in [5, 5.41) is 0. The minimum absolute atomic E-state index is 0.376. The predicted molar refractivity (Wildman–Crippen MR) is 67.5 cm³/mol. The molecule has 1 heterocycles. The van der Waals surface area contributed by atoms with Crippen molar-refractivity contribution in [1.82, 2.24) is 0 Å². The molecule has 1 saturated heterocycles. The Balaban J connectivity index is 1.49. The van der Waals surface area contributed by atoms with Crippen molar-refractivity contribution < 1.29 is 13.9 Å². The molecule has 1 aromatic carbocycles. The summed E-state index contributed by atoms with van der Waals surface area (Å²) in [7, 11) is 0.516. The fraction of sp³-hybridized carbons (Fsp3) is 0.538. The Morgan fingerprint density at radius 2 is 2.24 bits per heavy atom. The van der Waals surface area contributed by atoms with Gasteiger partial charge in [-0.25, -0.2) is 0 Å². The first-order valence-electron chi connectivity index (χ1n) is 6.01. The normalized spacial score (nSPS) is 18.1. The molecular weight excluding hydrogens is 232 g/mol. The average Bonchev–Trinajstić information content (AvgIpc) is 3.14. The maximum atomic E-state index is 5.72. The summed E-state index contributed by atoms with van der Waals surface area (Å²) in [5.41, 5.74) is 1.20. The number of hydrogen-bond acceptors (Lipinski definition) is 3. The first kappa shape index (κ1) is 12.6. The van der Waals surface area contributed by atoms with Crippen LogP contribution in [0.4, 0.5) is 0 Å². The molecule has 2 radical (unpaired) electrons. The molecule has 0 aliphatic carbocycles. The van der Waals surface area contributed by atoms with Gasteiger partial charge in [-0.15, -0.1) is 0 Å². The van der Waals surface area contributed by atoms with Crippen molar-refractivity contribution >= 4 is 9.76 Å². The van der Waals surface area contributed by atoms with Crippen LogP contribution in [-0.4, -0.2) is 35.7 Å². The standard InChI is InChI=1S/C13H18O3Si/c1-11-5-2-3-6-13(11)16-17-8-4-7-14-9-12-10-15-12/h2-3,5-6,12H,4,7-10H2,1H3. The highest BCUT2D eigenvalue weighted by atomic mass is 28.2. The van der Waals surface area contributed by atoms with Gasteiger partial charge in [-0.2, -0.15) is 0 Å². The quantitative estimate of drug-likeness (QED) is 0.403. The fourth-order valence-electron chi connectivity index (χ4n) is 1.43. The van der Waals surface area contributed by atoms with Crippen LogP contribution < -0.4 is 4.43 Å². The summed E-state index contributed by atoms with van der Waals surface area (Å²) in [6.45, 7) is 4.50. The van der Waals surface area contributed by atoms with E-state index < -0.39 is 0 Å². The van der Waals surface area contributed by atoms with Crippen molar-refractivity contribution in [2.75, 3.05) is 19.8 Å². The Labute approximate surface area is 105 Å². The first-order chi connectivity index (χ1) is 8.36. The lowest BCUT2D eigenvalue weighted by molar-refractivity contribution is 0.117. The smallest absolute Gasteiger partial charge is 0.310 e. The van der Waals surface area contributed by atoms with Gasteiger partial charge in [0.15, 0.2) is 0 Å². The van der Waals surface area contributed by atoms with Gasteiger partial charge in [-0.05, 0) is 31.0 Å². The highest BCUT2D eigenvalue weighted by molar-refractivity contribution is 6.28. The molecule has 1 fully saturated rings. The number of benzene rings is 1. The molecule has 17 heavy (non-hydrogen) atoms. The third-order valence-corrected chi connectivity index (χ3v) is 3.47. The molecule has 1 unspecified atom stereocenters. The lowest BCUT2D eigenvalue weighted by Gasteiger charge is -2.07. The molecule has 3 nitrogen and oxygen atoms in total. The Morgan fingerprint density at radius 3 is 3.00 bits per heavy atom. The van der Waals surface area contributed by atoms with Gasteiger partial charge in [-0.1, -0.05) is 18.2 Å². The van der Waals surface area contributed by atoms with Gasteiger partial charge in [0.05, 0.1) is 13.2 Å². The van der Waals surface area contributed by atoms with Crippen molar-refractivity contribution in [3.63, 3.8) is 0 Å². The zero-order valence-electron chi connectivity index (χ0n) is 10.1. The number of hydrogen-bond donors (Lipinski definition) is 0. The lowest BCUT2D eigenvalue weighted by Crippen LogP contribution is -2.06. The molecule has 1 aromatic rings. The van der Waals surface area contributed by atoms with Crippen LogP contribution in [0, 0.1) is 6.92 Å². The van der Waals surface area contributed by atoms with Crippen LogP contribution >= 0.6 is 0 Å². The third kappa shape index (κ3) is 4.89. The van der Waals surface area contributed by atoms with E-state index in [4.69, 9.17) is 13.9 Å². The molecule has 0 N–H and O–H groups in total.